The fourth-order valence-corrected chi connectivity index (χ4v) is 1.76. The third-order valence-corrected chi connectivity index (χ3v) is 2.92. The van der Waals surface area contributed by atoms with E-state index in [0.717, 1.165) is 32.4 Å². The molecule has 0 bridgehead atoms. The van der Waals surface area contributed by atoms with Gasteiger partial charge in [0.1, 0.15) is 0 Å². The van der Waals surface area contributed by atoms with E-state index >= 15 is 0 Å². The molecule has 0 spiro atoms. The summed E-state index contributed by atoms with van der Waals surface area (Å²) in [7, 11) is 0. The molecular formula is C15H26N2O. The van der Waals surface area contributed by atoms with Crippen molar-refractivity contribution in [3.8, 4) is 0 Å². The predicted molar refractivity (Wildman–Crippen MR) is 75.7 cm³/mol. The fraction of sp³-hybridized carbons (Fsp3) is 0.667. The van der Waals surface area contributed by atoms with Crippen LogP contribution in [0.1, 0.15) is 39.2 Å². The van der Waals surface area contributed by atoms with Crippen LogP contribution in [-0.2, 0) is 11.2 Å². The van der Waals surface area contributed by atoms with Gasteiger partial charge in [0.05, 0.1) is 6.10 Å². The molecule has 1 heterocycles. The Morgan fingerprint density at radius 2 is 2.00 bits per heavy atom. The minimum atomic E-state index is 0.338. The smallest absolute Gasteiger partial charge is 0.0696 e. The summed E-state index contributed by atoms with van der Waals surface area (Å²) < 4.78 is 5.89. The summed E-state index contributed by atoms with van der Waals surface area (Å²) in [5.41, 5.74) is 1.34. The van der Waals surface area contributed by atoms with Crippen LogP contribution in [0.25, 0.3) is 0 Å². The number of ether oxygens (including phenoxy) is 1. The van der Waals surface area contributed by atoms with Crippen LogP contribution in [0.2, 0.25) is 0 Å². The van der Waals surface area contributed by atoms with Gasteiger partial charge in [-0.1, -0.05) is 20.8 Å². The lowest BCUT2D eigenvalue weighted by molar-refractivity contribution is 0.0481. The Balaban J connectivity index is 2.12. The highest BCUT2D eigenvalue weighted by molar-refractivity contribution is 5.09. The Bertz CT molecular complexity index is 301. The van der Waals surface area contributed by atoms with E-state index in [1.165, 1.54) is 5.56 Å². The quantitative estimate of drug-likeness (QED) is 0.684. The van der Waals surface area contributed by atoms with Crippen molar-refractivity contribution in [1.29, 1.82) is 0 Å². The minimum Gasteiger partial charge on any atom is -0.377 e. The molecular weight excluding hydrogens is 224 g/mol. The number of rotatable bonds is 9. The van der Waals surface area contributed by atoms with Gasteiger partial charge in [0.25, 0.3) is 0 Å². The Kier molecular flexibility index (Phi) is 7.62. The lowest BCUT2D eigenvalue weighted by Gasteiger charge is -2.18. The summed E-state index contributed by atoms with van der Waals surface area (Å²) in [5, 5.41) is 3.42. The molecule has 1 atom stereocenters. The number of nitrogens with one attached hydrogen (secondary N) is 1. The third-order valence-electron chi connectivity index (χ3n) is 2.92. The van der Waals surface area contributed by atoms with E-state index in [-0.39, 0.29) is 0 Å². The molecule has 0 aliphatic carbocycles. The Morgan fingerprint density at radius 3 is 2.61 bits per heavy atom. The van der Waals surface area contributed by atoms with E-state index in [0.29, 0.717) is 12.1 Å². The SMILES string of the molecule is CCC(CNC(C)C)OCCCc1ccncc1. The zero-order valence-corrected chi connectivity index (χ0v) is 11.9. The molecule has 0 radical (unpaired) electrons. The number of hydrogen-bond donors (Lipinski definition) is 1. The van der Waals surface area contributed by atoms with Crippen molar-refractivity contribution in [1.82, 2.24) is 10.3 Å². The van der Waals surface area contributed by atoms with Gasteiger partial charge in [-0.25, -0.2) is 0 Å². The molecule has 0 amide bonds. The first kappa shape index (κ1) is 15.1. The van der Waals surface area contributed by atoms with Gasteiger partial charge in [-0.15, -0.1) is 0 Å². The van der Waals surface area contributed by atoms with Crippen molar-refractivity contribution in [3.63, 3.8) is 0 Å². The molecule has 1 aromatic heterocycles. The molecule has 1 aromatic rings. The summed E-state index contributed by atoms with van der Waals surface area (Å²) >= 11 is 0. The molecule has 0 saturated carbocycles. The third kappa shape index (κ3) is 6.72. The molecule has 3 nitrogen and oxygen atoms in total. The predicted octanol–water partition coefficient (Wildman–Crippen LogP) is 2.81. The van der Waals surface area contributed by atoms with E-state index in [9.17, 15) is 0 Å². The second-order valence-electron chi connectivity index (χ2n) is 4.92. The van der Waals surface area contributed by atoms with Crippen LogP contribution in [0.15, 0.2) is 24.5 Å². The number of hydrogen-bond acceptors (Lipinski definition) is 3. The van der Waals surface area contributed by atoms with Gasteiger partial charge in [0.2, 0.25) is 0 Å². The van der Waals surface area contributed by atoms with E-state index in [1.54, 1.807) is 0 Å². The number of aromatic nitrogens is 1. The normalized spacial score (nSPS) is 12.9. The zero-order valence-electron chi connectivity index (χ0n) is 11.9. The molecule has 0 aromatic carbocycles. The van der Waals surface area contributed by atoms with Crippen LogP contribution in [0, 0.1) is 0 Å². The van der Waals surface area contributed by atoms with E-state index in [1.807, 2.05) is 12.4 Å². The maximum atomic E-state index is 5.89. The standard InChI is InChI=1S/C15H26N2O/c1-4-15(12-17-13(2)3)18-11-5-6-14-7-9-16-10-8-14/h7-10,13,15,17H,4-6,11-12H2,1-3H3. The Morgan fingerprint density at radius 1 is 1.28 bits per heavy atom. The van der Waals surface area contributed by atoms with Gasteiger partial charge >= 0.3 is 0 Å². The summed E-state index contributed by atoms with van der Waals surface area (Å²) in [6.45, 7) is 8.28. The van der Waals surface area contributed by atoms with Gasteiger partial charge in [-0.3, -0.25) is 4.98 Å². The molecule has 1 rings (SSSR count). The van der Waals surface area contributed by atoms with Crippen molar-refractivity contribution in [2.45, 2.75) is 52.2 Å². The second-order valence-corrected chi connectivity index (χ2v) is 4.92. The van der Waals surface area contributed by atoms with Gasteiger partial charge in [0.15, 0.2) is 0 Å². The van der Waals surface area contributed by atoms with Crippen molar-refractivity contribution in [2.24, 2.45) is 0 Å². The molecule has 1 N–H and O–H groups in total. The van der Waals surface area contributed by atoms with Crippen LogP contribution >= 0.6 is 0 Å². The first-order chi connectivity index (χ1) is 8.72. The zero-order chi connectivity index (χ0) is 13.2. The van der Waals surface area contributed by atoms with Crippen molar-refractivity contribution in [2.75, 3.05) is 13.2 Å². The molecule has 1 unspecified atom stereocenters. The molecule has 3 heteroatoms. The van der Waals surface area contributed by atoms with Gasteiger partial charge in [-0.2, -0.15) is 0 Å². The lowest BCUT2D eigenvalue weighted by Crippen LogP contribution is -2.33. The fourth-order valence-electron chi connectivity index (χ4n) is 1.76. The highest BCUT2D eigenvalue weighted by atomic mass is 16.5. The van der Waals surface area contributed by atoms with E-state index in [2.05, 4.69) is 43.2 Å². The van der Waals surface area contributed by atoms with Crippen LogP contribution in [0.5, 0.6) is 0 Å². The van der Waals surface area contributed by atoms with Crippen LogP contribution in [0.3, 0.4) is 0 Å². The first-order valence-corrected chi connectivity index (χ1v) is 6.96. The van der Waals surface area contributed by atoms with Crippen LogP contribution < -0.4 is 5.32 Å². The van der Waals surface area contributed by atoms with Crippen LogP contribution in [-0.4, -0.2) is 30.3 Å². The number of aryl methyl sites for hydroxylation is 1. The minimum absolute atomic E-state index is 0.338. The Labute approximate surface area is 111 Å². The molecule has 0 saturated heterocycles. The lowest BCUT2D eigenvalue weighted by atomic mass is 10.1. The van der Waals surface area contributed by atoms with E-state index < -0.39 is 0 Å². The molecule has 102 valence electrons. The van der Waals surface area contributed by atoms with Crippen LogP contribution in [0.4, 0.5) is 0 Å². The first-order valence-electron chi connectivity index (χ1n) is 6.96. The van der Waals surface area contributed by atoms with Crippen molar-refractivity contribution >= 4 is 0 Å². The van der Waals surface area contributed by atoms with E-state index in [4.69, 9.17) is 4.74 Å². The van der Waals surface area contributed by atoms with Gasteiger partial charge in [-0.05, 0) is 37.0 Å². The van der Waals surface area contributed by atoms with Crippen molar-refractivity contribution in [3.05, 3.63) is 30.1 Å². The summed E-state index contributed by atoms with van der Waals surface area (Å²) in [4.78, 5) is 4.02. The summed E-state index contributed by atoms with van der Waals surface area (Å²) in [6.07, 6.45) is 7.23. The number of pyridine rings is 1. The monoisotopic (exact) mass is 250 g/mol. The molecule has 0 aliphatic rings. The number of nitrogens with zero attached hydrogens (tertiary/aromatic N) is 1. The average molecular weight is 250 g/mol. The van der Waals surface area contributed by atoms with Gasteiger partial charge in [0, 0.05) is 31.6 Å². The second kappa shape index (κ2) is 9.06. The molecule has 0 aliphatic heterocycles. The van der Waals surface area contributed by atoms with Crippen molar-refractivity contribution < 1.29 is 4.74 Å². The summed E-state index contributed by atoms with van der Waals surface area (Å²) in [6, 6.07) is 4.66. The maximum absolute atomic E-state index is 5.89. The largest absolute Gasteiger partial charge is 0.377 e. The Hall–Kier alpha value is -0.930. The topological polar surface area (TPSA) is 34.1 Å². The summed E-state index contributed by atoms with van der Waals surface area (Å²) in [5.74, 6) is 0. The highest BCUT2D eigenvalue weighted by Gasteiger charge is 2.06. The molecule has 0 fully saturated rings. The molecule has 18 heavy (non-hydrogen) atoms. The van der Waals surface area contributed by atoms with Gasteiger partial charge < -0.3 is 10.1 Å². The highest BCUT2D eigenvalue weighted by Crippen LogP contribution is 2.03. The average Bonchev–Trinajstić information content (AvgIpc) is 2.39. The maximum Gasteiger partial charge on any atom is 0.0696 e.